The SMILES string of the molecule is COC1COCCOC[C@@H](C)Oc2ccc3[nH]nc(c3c2)-c2cnn1n2. The van der Waals surface area contributed by atoms with E-state index in [1.54, 1.807) is 13.3 Å². The second kappa shape index (κ2) is 7.40. The number of aromatic nitrogens is 5. The van der Waals surface area contributed by atoms with Gasteiger partial charge in [0.15, 0.2) is 6.23 Å². The van der Waals surface area contributed by atoms with E-state index in [4.69, 9.17) is 18.9 Å². The molecule has 0 spiro atoms. The molecule has 0 radical (unpaired) electrons. The lowest BCUT2D eigenvalue weighted by atomic mass is 10.1. The number of ether oxygens (including phenoxy) is 4. The lowest BCUT2D eigenvalue weighted by Gasteiger charge is -2.17. The van der Waals surface area contributed by atoms with Crippen molar-refractivity contribution in [3.63, 3.8) is 0 Å². The van der Waals surface area contributed by atoms with Crippen LogP contribution in [0.15, 0.2) is 24.4 Å². The molecule has 3 aromatic rings. The number of methoxy groups -OCH3 is 1. The Morgan fingerprint density at radius 2 is 2.08 bits per heavy atom. The van der Waals surface area contributed by atoms with Crippen LogP contribution in [0.2, 0.25) is 0 Å². The van der Waals surface area contributed by atoms with E-state index < -0.39 is 6.23 Å². The quantitative estimate of drug-likeness (QED) is 0.707. The predicted octanol–water partition coefficient (Wildman–Crippen LogP) is 1.78. The fourth-order valence-electron chi connectivity index (χ4n) is 2.83. The number of benzene rings is 1. The monoisotopic (exact) mass is 359 g/mol. The number of rotatable bonds is 1. The van der Waals surface area contributed by atoms with Crippen LogP contribution >= 0.6 is 0 Å². The van der Waals surface area contributed by atoms with Crippen molar-refractivity contribution in [2.75, 3.05) is 33.5 Å². The van der Waals surface area contributed by atoms with Gasteiger partial charge in [-0.1, -0.05) is 0 Å². The molecule has 0 saturated heterocycles. The van der Waals surface area contributed by atoms with Crippen LogP contribution in [0.5, 0.6) is 5.75 Å². The summed E-state index contributed by atoms with van der Waals surface area (Å²) in [5.41, 5.74) is 2.26. The molecule has 138 valence electrons. The molecule has 1 aliphatic heterocycles. The minimum Gasteiger partial charge on any atom is -0.488 e. The van der Waals surface area contributed by atoms with Crippen molar-refractivity contribution in [3.8, 4) is 17.1 Å². The molecule has 9 heteroatoms. The van der Waals surface area contributed by atoms with Gasteiger partial charge in [-0.2, -0.15) is 15.0 Å². The number of fused-ring (bicyclic) bond motifs is 4. The van der Waals surface area contributed by atoms with Gasteiger partial charge in [-0.05, 0) is 25.1 Å². The Balaban J connectivity index is 1.73. The Labute approximate surface area is 150 Å². The van der Waals surface area contributed by atoms with E-state index in [2.05, 4.69) is 20.4 Å². The van der Waals surface area contributed by atoms with Gasteiger partial charge in [0.05, 0.1) is 38.1 Å². The van der Waals surface area contributed by atoms with Crippen molar-refractivity contribution < 1.29 is 18.9 Å². The average molecular weight is 359 g/mol. The van der Waals surface area contributed by atoms with Crippen LogP contribution in [-0.2, 0) is 14.2 Å². The molecule has 1 unspecified atom stereocenters. The molecule has 2 atom stereocenters. The molecule has 3 heterocycles. The lowest BCUT2D eigenvalue weighted by Crippen LogP contribution is -2.23. The standard InChI is InChI=1S/C17H21N5O4/c1-11-9-24-5-6-25-10-16(23-2)22-18-8-15(21-22)17-13-7-12(26-11)3-4-14(13)19-20-17/h3-4,7-8,11,16H,5-6,9-10H2,1-2H3,(H,19,20)/t11-,16?/m1/s1. The number of H-pyrrole nitrogens is 1. The third kappa shape index (κ3) is 3.41. The first-order valence-corrected chi connectivity index (χ1v) is 8.50. The third-order valence-electron chi connectivity index (χ3n) is 4.14. The summed E-state index contributed by atoms with van der Waals surface area (Å²) in [5, 5.41) is 17.1. The van der Waals surface area contributed by atoms with Crippen molar-refractivity contribution in [1.82, 2.24) is 25.2 Å². The summed E-state index contributed by atoms with van der Waals surface area (Å²) in [4.78, 5) is 1.49. The van der Waals surface area contributed by atoms with Crippen LogP contribution in [0.3, 0.4) is 0 Å². The molecular formula is C17H21N5O4. The van der Waals surface area contributed by atoms with E-state index in [-0.39, 0.29) is 6.10 Å². The maximum absolute atomic E-state index is 5.95. The van der Waals surface area contributed by atoms with Gasteiger partial charge in [-0.25, -0.2) is 0 Å². The van der Waals surface area contributed by atoms with Crippen LogP contribution in [0.4, 0.5) is 0 Å². The van der Waals surface area contributed by atoms with E-state index in [0.29, 0.717) is 37.8 Å². The molecule has 0 saturated carbocycles. The summed E-state index contributed by atoms with van der Waals surface area (Å²) in [7, 11) is 1.60. The van der Waals surface area contributed by atoms with Gasteiger partial charge in [-0.15, -0.1) is 5.10 Å². The second-order valence-corrected chi connectivity index (χ2v) is 6.10. The second-order valence-electron chi connectivity index (χ2n) is 6.10. The maximum atomic E-state index is 5.95. The molecule has 2 aromatic heterocycles. The zero-order chi connectivity index (χ0) is 17.9. The molecule has 4 rings (SSSR count). The van der Waals surface area contributed by atoms with Crippen molar-refractivity contribution in [3.05, 3.63) is 24.4 Å². The zero-order valence-electron chi connectivity index (χ0n) is 14.7. The highest BCUT2D eigenvalue weighted by molar-refractivity contribution is 5.92. The highest BCUT2D eigenvalue weighted by atomic mass is 16.6. The first-order chi connectivity index (χ1) is 12.7. The van der Waals surface area contributed by atoms with E-state index in [0.717, 1.165) is 16.7 Å². The van der Waals surface area contributed by atoms with Crippen molar-refractivity contribution >= 4 is 10.9 Å². The van der Waals surface area contributed by atoms with E-state index in [1.165, 1.54) is 4.80 Å². The van der Waals surface area contributed by atoms with Gasteiger partial charge in [0.2, 0.25) is 0 Å². The average Bonchev–Trinajstić information content (AvgIpc) is 3.27. The van der Waals surface area contributed by atoms with Crippen molar-refractivity contribution in [2.24, 2.45) is 0 Å². The Bertz CT molecular complexity index is 877. The molecule has 26 heavy (non-hydrogen) atoms. The maximum Gasteiger partial charge on any atom is 0.192 e. The van der Waals surface area contributed by atoms with Gasteiger partial charge in [-0.3, -0.25) is 5.10 Å². The first-order valence-electron chi connectivity index (χ1n) is 8.50. The van der Waals surface area contributed by atoms with Crippen LogP contribution in [0.25, 0.3) is 22.3 Å². The first kappa shape index (κ1) is 17.0. The summed E-state index contributed by atoms with van der Waals surface area (Å²) >= 11 is 0. The molecular weight excluding hydrogens is 338 g/mol. The number of hydrogen-bond donors (Lipinski definition) is 1. The number of aromatic amines is 1. The van der Waals surface area contributed by atoms with Crippen LogP contribution in [-0.4, -0.2) is 64.8 Å². The summed E-state index contributed by atoms with van der Waals surface area (Å²) in [6, 6.07) is 5.80. The third-order valence-corrected chi connectivity index (χ3v) is 4.14. The number of nitrogens with one attached hydrogen (secondary N) is 1. The fraction of sp³-hybridized carbons (Fsp3) is 0.471. The number of nitrogens with zero attached hydrogens (tertiary/aromatic N) is 4. The van der Waals surface area contributed by atoms with Gasteiger partial charge < -0.3 is 18.9 Å². The van der Waals surface area contributed by atoms with E-state index >= 15 is 0 Å². The van der Waals surface area contributed by atoms with Crippen molar-refractivity contribution in [1.29, 1.82) is 0 Å². The number of hydrogen-bond acceptors (Lipinski definition) is 7. The normalized spacial score (nSPS) is 21.8. The molecule has 9 nitrogen and oxygen atoms in total. The molecule has 1 aliphatic rings. The molecule has 1 N–H and O–H groups in total. The Kier molecular flexibility index (Phi) is 4.83. The highest BCUT2D eigenvalue weighted by Gasteiger charge is 2.18. The summed E-state index contributed by atoms with van der Waals surface area (Å²) in [6.45, 7) is 3.71. The smallest absolute Gasteiger partial charge is 0.192 e. The van der Waals surface area contributed by atoms with Gasteiger partial charge in [0, 0.05) is 12.5 Å². The van der Waals surface area contributed by atoms with Gasteiger partial charge >= 0.3 is 0 Å². The summed E-state index contributed by atoms with van der Waals surface area (Å²) in [6.07, 6.45) is 1.17. The minimum atomic E-state index is -0.417. The molecule has 1 aromatic carbocycles. The Morgan fingerprint density at radius 3 is 2.92 bits per heavy atom. The molecule has 4 bridgehead atoms. The van der Waals surface area contributed by atoms with Crippen LogP contribution < -0.4 is 4.74 Å². The molecule has 0 amide bonds. The summed E-state index contributed by atoms with van der Waals surface area (Å²) < 4.78 is 22.6. The van der Waals surface area contributed by atoms with Crippen LogP contribution in [0, 0.1) is 0 Å². The Hall–Kier alpha value is -2.49. The van der Waals surface area contributed by atoms with Crippen LogP contribution in [0.1, 0.15) is 13.2 Å². The molecule has 0 fully saturated rings. The fourth-order valence-corrected chi connectivity index (χ4v) is 2.83. The topological polar surface area (TPSA) is 96.3 Å². The molecule has 0 aliphatic carbocycles. The predicted molar refractivity (Wildman–Crippen MR) is 92.9 cm³/mol. The minimum absolute atomic E-state index is 0.0803. The van der Waals surface area contributed by atoms with Gasteiger partial charge in [0.25, 0.3) is 0 Å². The largest absolute Gasteiger partial charge is 0.488 e. The van der Waals surface area contributed by atoms with Gasteiger partial charge in [0.1, 0.15) is 23.2 Å². The van der Waals surface area contributed by atoms with E-state index in [1.807, 2.05) is 25.1 Å². The van der Waals surface area contributed by atoms with E-state index in [9.17, 15) is 0 Å². The van der Waals surface area contributed by atoms with Crippen molar-refractivity contribution in [2.45, 2.75) is 19.3 Å². The summed E-state index contributed by atoms with van der Waals surface area (Å²) in [5.74, 6) is 0.752. The zero-order valence-corrected chi connectivity index (χ0v) is 14.7. The Morgan fingerprint density at radius 1 is 1.23 bits per heavy atom. The highest BCUT2D eigenvalue weighted by Crippen LogP contribution is 2.28. The lowest BCUT2D eigenvalue weighted by molar-refractivity contribution is -0.0613.